The number of hydrogen-bond acceptors (Lipinski definition) is 1. The summed E-state index contributed by atoms with van der Waals surface area (Å²) in [5.41, 5.74) is 0. The molecule has 0 aromatic carbocycles. The number of rotatable bonds is 4. The smallest absolute Gasteiger partial charge is 0.146 e. The number of carbonyl (C=O) groups excluding carboxylic acids is 1. The van der Waals surface area contributed by atoms with E-state index in [0.29, 0.717) is 17.0 Å². The second-order valence-electron chi connectivity index (χ2n) is 2.86. The van der Waals surface area contributed by atoms with Crippen molar-refractivity contribution in [2.45, 2.75) is 27.2 Å². The molecular formula is C8H15BrO. The van der Waals surface area contributed by atoms with Crippen molar-refractivity contribution in [1.29, 1.82) is 0 Å². The zero-order chi connectivity index (χ0) is 8.15. The highest BCUT2D eigenvalue weighted by Gasteiger charge is 2.17. The average molecular weight is 207 g/mol. The summed E-state index contributed by atoms with van der Waals surface area (Å²) in [6, 6.07) is 0. The van der Waals surface area contributed by atoms with E-state index in [1.165, 1.54) is 0 Å². The van der Waals surface area contributed by atoms with Crippen LogP contribution >= 0.6 is 15.9 Å². The maximum atomic E-state index is 11.1. The van der Waals surface area contributed by atoms with Gasteiger partial charge in [0.25, 0.3) is 0 Å². The zero-order valence-electron chi connectivity index (χ0n) is 6.86. The second kappa shape index (κ2) is 4.89. The Morgan fingerprint density at radius 2 is 2.00 bits per heavy atom. The van der Waals surface area contributed by atoms with Gasteiger partial charge in [-0.1, -0.05) is 36.7 Å². The van der Waals surface area contributed by atoms with Gasteiger partial charge in [0.1, 0.15) is 5.78 Å². The Hall–Kier alpha value is 0.150. The van der Waals surface area contributed by atoms with Crippen LogP contribution in [0.2, 0.25) is 0 Å². The molecule has 0 bridgehead atoms. The highest BCUT2D eigenvalue weighted by atomic mass is 79.9. The van der Waals surface area contributed by atoms with E-state index in [0.717, 1.165) is 6.42 Å². The molecule has 0 radical (unpaired) electrons. The fourth-order valence-electron chi connectivity index (χ4n) is 1.17. The predicted molar refractivity (Wildman–Crippen MR) is 47.4 cm³/mol. The SMILES string of the molecule is CCC(C(=O)CBr)C(C)C. The summed E-state index contributed by atoms with van der Waals surface area (Å²) < 4.78 is 0. The Labute approximate surface area is 71.3 Å². The van der Waals surface area contributed by atoms with Gasteiger partial charge in [0, 0.05) is 5.92 Å². The molecule has 0 aromatic rings. The summed E-state index contributed by atoms with van der Waals surface area (Å²) in [5, 5.41) is 0.504. The van der Waals surface area contributed by atoms with Crippen molar-refractivity contribution in [3.63, 3.8) is 0 Å². The van der Waals surface area contributed by atoms with E-state index in [9.17, 15) is 4.79 Å². The molecule has 0 saturated heterocycles. The van der Waals surface area contributed by atoms with Crippen LogP contribution in [0.3, 0.4) is 0 Å². The van der Waals surface area contributed by atoms with E-state index >= 15 is 0 Å². The van der Waals surface area contributed by atoms with Crippen LogP contribution in [0, 0.1) is 11.8 Å². The lowest BCUT2D eigenvalue weighted by Crippen LogP contribution is -2.20. The monoisotopic (exact) mass is 206 g/mol. The fraction of sp³-hybridized carbons (Fsp3) is 0.875. The average Bonchev–Trinajstić information content (AvgIpc) is 1.88. The minimum absolute atomic E-state index is 0.249. The van der Waals surface area contributed by atoms with Crippen LogP contribution in [0.25, 0.3) is 0 Å². The van der Waals surface area contributed by atoms with Crippen LogP contribution in [0.1, 0.15) is 27.2 Å². The third-order valence-electron chi connectivity index (χ3n) is 1.79. The van der Waals surface area contributed by atoms with Gasteiger partial charge >= 0.3 is 0 Å². The van der Waals surface area contributed by atoms with E-state index in [2.05, 4.69) is 36.7 Å². The number of ketones is 1. The predicted octanol–water partition coefficient (Wildman–Crippen LogP) is 2.63. The summed E-state index contributed by atoms with van der Waals surface area (Å²) in [6.07, 6.45) is 0.960. The van der Waals surface area contributed by atoms with E-state index in [4.69, 9.17) is 0 Å². The number of Topliss-reactive ketones (excluding diaryl/α,β-unsaturated/α-hetero) is 1. The van der Waals surface area contributed by atoms with Gasteiger partial charge in [-0.3, -0.25) is 4.79 Å². The Morgan fingerprint density at radius 1 is 1.50 bits per heavy atom. The lowest BCUT2D eigenvalue weighted by molar-refractivity contribution is -0.121. The highest BCUT2D eigenvalue weighted by Crippen LogP contribution is 2.16. The molecular weight excluding hydrogens is 192 g/mol. The van der Waals surface area contributed by atoms with E-state index in [1.807, 2.05) is 0 Å². The first-order chi connectivity index (χ1) is 4.63. The highest BCUT2D eigenvalue weighted by molar-refractivity contribution is 9.09. The summed E-state index contributed by atoms with van der Waals surface area (Å²) in [4.78, 5) is 11.1. The fourth-order valence-corrected chi connectivity index (χ4v) is 1.59. The minimum atomic E-state index is 0.249. The van der Waals surface area contributed by atoms with Gasteiger partial charge in [0.15, 0.2) is 0 Å². The normalized spacial score (nSPS) is 13.7. The van der Waals surface area contributed by atoms with Gasteiger partial charge in [-0.05, 0) is 12.3 Å². The Balaban J connectivity index is 3.93. The van der Waals surface area contributed by atoms with Gasteiger partial charge < -0.3 is 0 Å². The first-order valence-electron chi connectivity index (χ1n) is 3.72. The van der Waals surface area contributed by atoms with Gasteiger partial charge in [0.2, 0.25) is 0 Å². The maximum Gasteiger partial charge on any atom is 0.146 e. The molecule has 0 aliphatic heterocycles. The van der Waals surface area contributed by atoms with Crippen molar-refractivity contribution in [2.75, 3.05) is 5.33 Å². The number of hydrogen-bond donors (Lipinski definition) is 0. The summed E-state index contributed by atoms with van der Waals surface area (Å²) >= 11 is 3.17. The Kier molecular flexibility index (Phi) is 4.96. The molecule has 2 heteroatoms. The summed E-state index contributed by atoms with van der Waals surface area (Å²) in [7, 11) is 0. The van der Waals surface area contributed by atoms with Crippen molar-refractivity contribution in [3.8, 4) is 0 Å². The molecule has 0 aliphatic carbocycles. The molecule has 0 amide bonds. The van der Waals surface area contributed by atoms with Gasteiger partial charge in [-0.2, -0.15) is 0 Å². The topological polar surface area (TPSA) is 17.1 Å². The van der Waals surface area contributed by atoms with E-state index < -0.39 is 0 Å². The first-order valence-corrected chi connectivity index (χ1v) is 4.84. The number of alkyl halides is 1. The van der Waals surface area contributed by atoms with Crippen molar-refractivity contribution in [3.05, 3.63) is 0 Å². The van der Waals surface area contributed by atoms with Gasteiger partial charge in [-0.25, -0.2) is 0 Å². The molecule has 0 aliphatic rings. The molecule has 1 atom stereocenters. The largest absolute Gasteiger partial charge is 0.298 e. The molecule has 0 heterocycles. The molecule has 60 valence electrons. The van der Waals surface area contributed by atoms with Crippen LogP contribution in [0.15, 0.2) is 0 Å². The van der Waals surface area contributed by atoms with E-state index in [1.54, 1.807) is 0 Å². The van der Waals surface area contributed by atoms with Crippen molar-refractivity contribution >= 4 is 21.7 Å². The van der Waals surface area contributed by atoms with E-state index in [-0.39, 0.29) is 5.92 Å². The van der Waals surface area contributed by atoms with Crippen LogP contribution in [-0.2, 0) is 4.79 Å². The van der Waals surface area contributed by atoms with Crippen molar-refractivity contribution in [1.82, 2.24) is 0 Å². The molecule has 1 unspecified atom stereocenters. The molecule has 0 N–H and O–H groups in total. The van der Waals surface area contributed by atoms with Gasteiger partial charge in [-0.15, -0.1) is 0 Å². The van der Waals surface area contributed by atoms with Crippen LogP contribution in [0.5, 0.6) is 0 Å². The summed E-state index contributed by atoms with van der Waals surface area (Å²) in [6.45, 7) is 6.24. The Morgan fingerprint density at radius 3 is 2.10 bits per heavy atom. The third kappa shape index (κ3) is 2.82. The third-order valence-corrected chi connectivity index (χ3v) is 2.34. The Bertz CT molecular complexity index is 110. The molecule has 10 heavy (non-hydrogen) atoms. The maximum absolute atomic E-state index is 11.1. The molecule has 0 aromatic heterocycles. The number of halogens is 1. The van der Waals surface area contributed by atoms with Crippen LogP contribution in [0.4, 0.5) is 0 Å². The first kappa shape index (κ1) is 10.2. The summed E-state index contributed by atoms with van der Waals surface area (Å²) in [5.74, 6) is 1.06. The lowest BCUT2D eigenvalue weighted by atomic mass is 9.90. The van der Waals surface area contributed by atoms with Crippen molar-refractivity contribution < 1.29 is 4.79 Å². The van der Waals surface area contributed by atoms with Crippen LogP contribution < -0.4 is 0 Å². The minimum Gasteiger partial charge on any atom is -0.298 e. The molecule has 1 nitrogen and oxygen atoms in total. The van der Waals surface area contributed by atoms with Crippen LogP contribution in [-0.4, -0.2) is 11.1 Å². The quantitative estimate of drug-likeness (QED) is 0.647. The molecule has 0 rings (SSSR count). The lowest BCUT2D eigenvalue weighted by Gasteiger charge is -2.15. The standard InChI is InChI=1S/C8H15BrO/c1-4-7(6(2)3)8(10)5-9/h6-7H,4-5H2,1-3H3. The second-order valence-corrected chi connectivity index (χ2v) is 3.42. The molecule has 0 spiro atoms. The molecule has 0 saturated carbocycles. The molecule has 0 fully saturated rings. The van der Waals surface area contributed by atoms with Crippen molar-refractivity contribution in [2.24, 2.45) is 11.8 Å². The van der Waals surface area contributed by atoms with Gasteiger partial charge in [0.05, 0.1) is 5.33 Å². The number of carbonyl (C=O) groups is 1. The zero-order valence-corrected chi connectivity index (χ0v) is 8.44.